The van der Waals surface area contributed by atoms with Gasteiger partial charge in [-0.05, 0) is 44.4 Å². The second-order valence-electron chi connectivity index (χ2n) is 6.85. The lowest BCUT2D eigenvalue weighted by Crippen LogP contribution is -2.33. The number of para-hydroxylation sites is 1. The van der Waals surface area contributed by atoms with Gasteiger partial charge >= 0.3 is 0 Å². The molecule has 0 saturated heterocycles. The minimum Gasteiger partial charge on any atom is -0.493 e. The number of amides is 1. The Morgan fingerprint density at radius 1 is 1.30 bits per heavy atom. The lowest BCUT2D eigenvalue weighted by atomic mass is 10.1. The maximum Gasteiger partial charge on any atom is 0.289 e. The van der Waals surface area contributed by atoms with E-state index in [1.807, 2.05) is 18.2 Å². The Bertz CT molecular complexity index is 882. The maximum absolute atomic E-state index is 12.9. The molecule has 142 valence electrons. The van der Waals surface area contributed by atoms with E-state index in [4.69, 9.17) is 13.9 Å². The molecular weight excluding hydrogens is 346 g/mol. The Kier molecular flexibility index (Phi) is 5.43. The van der Waals surface area contributed by atoms with Gasteiger partial charge in [0.25, 0.3) is 5.91 Å². The predicted molar refractivity (Wildman–Crippen MR) is 99.7 cm³/mol. The molecule has 6 heteroatoms. The molecule has 6 nitrogen and oxygen atoms in total. The zero-order valence-corrected chi connectivity index (χ0v) is 15.7. The molecule has 0 atom stereocenters. The molecule has 1 amide bonds. The lowest BCUT2D eigenvalue weighted by Gasteiger charge is -2.26. The van der Waals surface area contributed by atoms with Crippen LogP contribution >= 0.6 is 0 Å². The molecule has 2 aromatic rings. The first-order valence-electron chi connectivity index (χ1n) is 8.81. The van der Waals surface area contributed by atoms with Crippen molar-refractivity contribution in [1.29, 1.82) is 0 Å². The summed E-state index contributed by atoms with van der Waals surface area (Å²) in [5.74, 6) is 7.11. The molecule has 2 heterocycles. The summed E-state index contributed by atoms with van der Waals surface area (Å²) in [7, 11) is 1.60. The van der Waals surface area contributed by atoms with Crippen LogP contribution in [0, 0.1) is 11.8 Å². The Morgan fingerprint density at radius 3 is 2.85 bits per heavy atom. The molecule has 0 unspecified atom stereocenters. The fraction of sp³-hybridized carbons (Fsp3) is 0.381. The number of furan rings is 1. The smallest absolute Gasteiger partial charge is 0.289 e. The average molecular weight is 369 g/mol. The van der Waals surface area contributed by atoms with E-state index in [0.717, 1.165) is 5.56 Å². The monoisotopic (exact) mass is 369 g/mol. The molecule has 1 aromatic heterocycles. The summed E-state index contributed by atoms with van der Waals surface area (Å²) in [6, 6.07) is 8.88. The first kappa shape index (κ1) is 18.9. The second kappa shape index (κ2) is 7.77. The van der Waals surface area contributed by atoms with Gasteiger partial charge in [-0.25, -0.2) is 0 Å². The first-order chi connectivity index (χ1) is 12.9. The van der Waals surface area contributed by atoms with E-state index in [1.54, 1.807) is 38.0 Å². The van der Waals surface area contributed by atoms with Crippen molar-refractivity contribution in [3.8, 4) is 23.3 Å². The van der Waals surface area contributed by atoms with Crippen molar-refractivity contribution in [3.05, 3.63) is 47.4 Å². The van der Waals surface area contributed by atoms with Crippen molar-refractivity contribution in [2.24, 2.45) is 0 Å². The summed E-state index contributed by atoms with van der Waals surface area (Å²) in [6.07, 6.45) is 0.704. The summed E-state index contributed by atoms with van der Waals surface area (Å²) in [4.78, 5) is 14.6. The zero-order chi connectivity index (χ0) is 19.4. The van der Waals surface area contributed by atoms with Gasteiger partial charge in [0.05, 0.1) is 13.7 Å². The molecule has 0 bridgehead atoms. The Hall–Kier alpha value is -2.91. The van der Waals surface area contributed by atoms with E-state index in [2.05, 4.69) is 11.8 Å². The molecule has 1 N–H and O–H groups in total. The fourth-order valence-electron chi connectivity index (χ4n) is 2.79. The van der Waals surface area contributed by atoms with Gasteiger partial charge in [-0.1, -0.05) is 18.1 Å². The van der Waals surface area contributed by atoms with Crippen molar-refractivity contribution in [3.63, 3.8) is 0 Å². The largest absolute Gasteiger partial charge is 0.493 e. The van der Waals surface area contributed by atoms with E-state index < -0.39 is 5.60 Å². The van der Waals surface area contributed by atoms with Gasteiger partial charge in [-0.3, -0.25) is 4.79 Å². The van der Waals surface area contributed by atoms with Gasteiger partial charge in [-0.2, -0.15) is 0 Å². The second-order valence-corrected chi connectivity index (χ2v) is 6.85. The average Bonchev–Trinajstić information content (AvgIpc) is 3.08. The van der Waals surface area contributed by atoms with Crippen molar-refractivity contribution in [1.82, 2.24) is 4.90 Å². The van der Waals surface area contributed by atoms with E-state index in [-0.39, 0.29) is 11.7 Å². The van der Waals surface area contributed by atoms with Crippen molar-refractivity contribution in [2.45, 2.75) is 32.4 Å². The summed E-state index contributed by atoms with van der Waals surface area (Å²) in [5, 5.41) is 9.68. The number of rotatable bonds is 2. The first-order valence-corrected chi connectivity index (χ1v) is 8.81. The number of nitrogens with zero attached hydrogens (tertiary/aromatic N) is 1. The molecular formula is C21H23NO5. The number of fused-ring (bicyclic) bond motifs is 1. The highest BCUT2D eigenvalue weighted by Crippen LogP contribution is 2.33. The molecule has 3 rings (SSSR count). The number of ether oxygens (including phenoxy) is 2. The van der Waals surface area contributed by atoms with Gasteiger partial charge in [0, 0.05) is 18.7 Å². The number of benzene rings is 1. The molecule has 0 spiro atoms. The van der Waals surface area contributed by atoms with Crippen molar-refractivity contribution >= 4 is 5.91 Å². The van der Waals surface area contributed by atoms with Gasteiger partial charge in [-0.15, -0.1) is 0 Å². The van der Waals surface area contributed by atoms with Crippen LogP contribution in [0.5, 0.6) is 11.5 Å². The molecule has 1 aliphatic rings. The highest BCUT2D eigenvalue weighted by atomic mass is 16.5. The Labute approximate surface area is 158 Å². The minimum absolute atomic E-state index is 0.207. The summed E-state index contributed by atoms with van der Waals surface area (Å²) < 4.78 is 16.8. The molecule has 1 aliphatic heterocycles. The number of hydrogen-bond donors (Lipinski definition) is 1. The molecule has 0 aliphatic carbocycles. The molecule has 27 heavy (non-hydrogen) atoms. The summed E-state index contributed by atoms with van der Waals surface area (Å²) in [6.45, 7) is 4.63. The summed E-state index contributed by atoms with van der Waals surface area (Å²) >= 11 is 0. The topological polar surface area (TPSA) is 72.1 Å². The number of hydrogen-bond acceptors (Lipinski definition) is 5. The lowest BCUT2D eigenvalue weighted by molar-refractivity contribution is 0.0688. The van der Waals surface area contributed by atoms with Crippen LogP contribution in [-0.2, 0) is 6.54 Å². The van der Waals surface area contributed by atoms with Gasteiger partial charge in [0.15, 0.2) is 23.0 Å². The van der Waals surface area contributed by atoms with Crippen LogP contribution in [0.4, 0.5) is 0 Å². The molecule has 0 radical (unpaired) electrons. The molecule has 0 fully saturated rings. The number of aliphatic hydroxyl groups is 1. The van der Waals surface area contributed by atoms with Crippen LogP contribution in [0.3, 0.4) is 0 Å². The Balaban J connectivity index is 1.82. The van der Waals surface area contributed by atoms with E-state index in [1.165, 1.54) is 0 Å². The van der Waals surface area contributed by atoms with Crippen LogP contribution < -0.4 is 9.47 Å². The van der Waals surface area contributed by atoms with Gasteiger partial charge < -0.3 is 23.9 Å². The third-order valence-corrected chi connectivity index (χ3v) is 4.06. The minimum atomic E-state index is -1.12. The Morgan fingerprint density at radius 2 is 2.11 bits per heavy atom. The van der Waals surface area contributed by atoms with Crippen molar-refractivity contribution < 1.29 is 23.8 Å². The quantitative estimate of drug-likeness (QED) is 0.824. The zero-order valence-electron chi connectivity index (χ0n) is 15.7. The predicted octanol–water partition coefficient (Wildman–Crippen LogP) is 2.84. The molecule has 0 saturated carbocycles. The number of carbonyl (C=O) groups is 1. The SMILES string of the molecule is COc1cccc2c1OCCCN(C(=O)c1ccc(C#CC(C)(C)O)o1)C2. The van der Waals surface area contributed by atoms with E-state index in [9.17, 15) is 9.90 Å². The van der Waals surface area contributed by atoms with Crippen LogP contribution in [0.1, 0.15) is 42.1 Å². The van der Waals surface area contributed by atoms with Crippen LogP contribution in [0.15, 0.2) is 34.7 Å². The van der Waals surface area contributed by atoms with Crippen LogP contribution in [-0.4, -0.2) is 41.8 Å². The van der Waals surface area contributed by atoms with Crippen LogP contribution in [0.2, 0.25) is 0 Å². The third-order valence-electron chi connectivity index (χ3n) is 4.06. The highest BCUT2D eigenvalue weighted by Gasteiger charge is 2.23. The highest BCUT2D eigenvalue weighted by molar-refractivity contribution is 5.91. The normalized spacial score (nSPS) is 14.1. The number of methoxy groups -OCH3 is 1. The third kappa shape index (κ3) is 4.63. The molecule has 1 aromatic carbocycles. The van der Waals surface area contributed by atoms with Crippen molar-refractivity contribution in [2.75, 3.05) is 20.3 Å². The van der Waals surface area contributed by atoms with E-state index in [0.29, 0.717) is 43.4 Å². The number of carbonyl (C=O) groups excluding carboxylic acids is 1. The summed E-state index contributed by atoms with van der Waals surface area (Å²) in [5.41, 5.74) is -0.237. The standard InChI is InChI=1S/C21H23NO5/c1-21(2,24)11-10-16-8-9-18(27-16)20(23)22-12-5-13-26-19-15(14-22)6-4-7-17(19)25-3/h4,6-9,24H,5,12-14H2,1-3H3. The van der Waals surface area contributed by atoms with Crippen LogP contribution in [0.25, 0.3) is 0 Å². The maximum atomic E-state index is 12.9. The van der Waals surface area contributed by atoms with E-state index >= 15 is 0 Å². The fourth-order valence-corrected chi connectivity index (χ4v) is 2.79. The van der Waals surface area contributed by atoms with Gasteiger partial charge in [0.1, 0.15) is 5.60 Å². The van der Waals surface area contributed by atoms with Gasteiger partial charge in [0.2, 0.25) is 0 Å².